The number of rotatable bonds is 4. The number of aromatic nitrogens is 3. The summed E-state index contributed by atoms with van der Waals surface area (Å²) in [6, 6.07) is -0.629. The minimum Gasteiger partial charge on any atom is -0.271 e. The van der Waals surface area contributed by atoms with Gasteiger partial charge in [-0.3, -0.25) is 11.3 Å². The van der Waals surface area contributed by atoms with Crippen LogP contribution in [0.3, 0.4) is 0 Å². The number of aromatic amines is 1. The van der Waals surface area contributed by atoms with Crippen LogP contribution < -0.4 is 11.3 Å². The predicted molar refractivity (Wildman–Crippen MR) is 41.7 cm³/mol. The molecule has 4 N–H and O–H groups in total. The van der Waals surface area contributed by atoms with Crippen molar-refractivity contribution in [1.82, 2.24) is 20.8 Å². The molecule has 0 radical (unpaired) electrons. The molecule has 0 aromatic carbocycles. The summed E-state index contributed by atoms with van der Waals surface area (Å²) in [4.78, 5) is 0. The quantitative estimate of drug-likeness (QED) is 0.502. The van der Waals surface area contributed by atoms with E-state index in [-0.39, 0.29) is 6.42 Å². The van der Waals surface area contributed by atoms with Gasteiger partial charge in [-0.25, -0.2) is 0 Å². The third kappa shape index (κ3) is 3.30. The third-order valence-electron chi connectivity index (χ3n) is 1.71. The van der Waals surface area contributed by atoms with Crippen LogP contribution in [0.15, 0.2) is 6.20 Å². The lowest BCUT2D eigenvalue weighted by molar-refractivity contribution is -0.136. The number of alkyl halides is 3. The van der Waals surface area contributed by atoms with E-state index in [1.165, 1.54) is 6.20 Å². The van der Waals surface area contributed by atoms with Crippen LogP contribution in [0, 0.1) is 0 Å². The van der Waals surface area contributed by atoms with E-state index in [9.17, 15) is 13.2 Å². The summed E-state index contributed by atoms with van der Waals surface area (Å²) < 4.78 is 35.6. The first-order valence-corrected chi connectivity index (χ1v) is 3.91. The van der Waals surface area contributed by atoms with Gasteiger partial charge < -0.3 is 0 Å². The van der Waals surface area contributed by atoms with E-state index in [0.29, 0.717) is 5.69 Å². The van der Waals surface area contributed by atoms with Gasteiger partial charge in [0.1, 0.15) is 5.69 Å². The van der Waals surface area contributed by atoms with E-state index < -0.39 is 18.6 Å². The molecule has 0 bridgehead atoms. The van der Waals surface area contributed by atoms with Gasteiger partial charge in [-0.2, -0.15) is 28.6 Å². The van der Waals surface area contributed by atoms with Crippen LogP contribution in [0.1, 0.15) is 24.6 Å². The van der Waals surface area contributed by atoms with Crippen molar-refractivity contribution in [3.63, 3.8) is 0 Å². The molecule has 8 heteroatoms. The van der Waals surface area contributed by atoms with E-state index in [0.717, 1.165) is 0 Å². The van der Waals surface area contributed by atoms with Gasteiger partial charge in [0, 0.05) is 6.42 Å². The van der Waals surface area contributed by atoms with Crippen LogP contribution in [0.5, 0.6) is 0 Å². The Morgan fingerprint density at radius 2 is 2.29 bits per heavy atom. The monoisotopic (exact) mass is 209 g/mol. The average molecular weight is 209 g/mol. The maximum Gasteiger partial charge on any atom is 0.389 e. The zero-order valence-corrected chi connectivity index (χ0v) is 7.17. The maximum atomic E-state index is 11.9. The summed E-state index contributed by atoms with van der Waals surface area (Å²) in [6.45, 7) is 0. The van der Waals surface area contributed by atoms with Crippen molar-refractivity contribution in [3.8, 4) is 0 Å². The minimum absolute atomic E-state index is 0.160. The van der Waals surface area contributed by atoms with Crippen LogP contribution >= 0.6 is 0 Å². The number of nitrogens with one attached hydrogen (secondary N) is 2. The Morgan fingerprint density at radius 1 is 1.57 bits per heavy atom. The molecule has 1 aromatic heterocycles. The molecule has 1 heterocycles. The lowest BCUT2D eigenvalue weighted by atomic mass is 10.1. The van der Waals surface area contributed by atoms with E-state index in [1.807, 2.05) is 0 Å². The summed E-state index contributed by atoms with van der Waals surface area (Å²) in [7, 11) is 0. The summed E-state index contributed by atoms with van der Waals surface area (Å²) in [5.41, 5.74) is 2.63. The Labute approximate surface area is 77.8 Å². The molecule has 1 rings (SSSR count). The first-order valence-electron chi connectivity index (χ1n) is 3.91. The van der Waals surface area contributed by atoms with Crippen LogP contribution in [0.25, 0.3) is 0 Å². The van der Waals surface area contributed by atoms with Crippen molar-refractivity contribution < 1.29 is 13.2 Å². The first kappa shape index (κ1) is 10.9. The fourth-order valence-electron chi connectivity index (χ4n) is 1.00. The SMILES string of the molecule is NNC(CCC(F)(F)F)c1cn[nH]n1. The van der Waals surface area contributed by atoms with Crippen LogP contribution in [-0.2, 0) is 0 Å². The van der Waals surface area contributed by atoms with Gasteiger partial charge in [-0.05, 0) is 6.42 Å². The van der Waals surface area contributed by atoms with Gasteiger partial charge in [0.15, 0.2) is 0 Å². The van der Waals surface area contributed by atoms with Gasteiger partial charge in [0.2, 0.25) is 0 Å². The van der Waals surface area contributed by atoms with E-state index >= 15 is 0 Å². The molecule has 1 unspecified atom stereocenters. The summed E-state index contributed by atoms with van der Waals surface area (Å²) in [6.07, 6.45) is -3.92. The number of hydrogen-bond donors (Lipinski definition) is 3. The van der Waals surface area contributed by atoms with E-state index in [4.69, 9.17) is 5.84 Å². The molecule has 1 aromatic rings. The second-order valence-corrected chi connectivity index (χ2v) is 2.77. The lowest BCUT2D eigenvalue weighted by Gasteiger charge is -2.13. The number of hydrazine groups is 1. The third-order valence-corrected chi connectivity index (χ3v) is 1.71. The molecule has 0 aliphatic heterocycles. The highest BCUT2D eigenvalue weighted by molar-refractivity contribution is 4.98. The highest BCUT2D eigenvalue weighted by Gasteiger charge is 2.29. The molecule has 80 valence electrons. The van der Waals surface area contributed by atoms with Crippen LogP contribution in [0.4, 0.5) is 13.2 Å². The van der Waals surface area contributed by atoms with Gasteiger partial charge in [-0.15, -0.1) is 0 Å². The zero-order valence-electron chi connectivity index (χ0n) is 7.17. The standard InChI is InChI=1S/C6H10F3N5/c7-6(8,9)2-1-4(12-10)5-3-11-14-13-5/h3-4,12H,1-2,10H2,(H,11,13,14). The number of nitrogens with two attached hydrogens (primary N) is 1. The Hall–Kier alpha value is -1.15. The molecule has 14 heavy (non-hydrogen) atoms. The first-order chi connectivity index (χ1) is 6.53. The molecule has 0 amide bonds. The molecule has 5 nitrogen and oxygen atoms in total. The minimum atomic E-state index is -4.18. The van der Waals surface area contributed by atoms with Gasteiger partial charge >= 0.3 is 6.18 Å². The number of H-pyrrole nitrogens is 1. The second-order valence-electron chi connectivity index (χ2n) is 2.77. The molecular weight excluding hydrogens is 199 g/mol. The zero-order chi connectivity index (χ0) is 10.6. The van der Waals surface area contributed by atoms with Gasteiger partial charge in [0.05, 0.1) is 12.2 Å². The Morgan fingerprint density at radius 3 is 2.71 bits per heavy atom. The molecular formula is C6H10F3N5. The molecule has 0 spiro atoms. The number of halogens is 3. The number of hydrogen-bond acceptors (Lipinski definition) is 4. The van der Waals surface area contributed by atoms with Crippen molar-refractivity contribution in [2.75, 3.05) is 0 Å². The van der Waals surface area contributed by atoms with E-state index in [2.05, 4.69) is 20.8 Å². The molecule has 1 atom stereocenters. The summed E-state index contributed by atoms with van der Waals surface area (Å²) in [5, 5.41) is 9.43. The van der Waals surface area contributed by atoms with Crippen molar-refractivity contribution in [1.29, 1.82) is 0 Å². The number of nitrogens with zero attached hydrogens (tertiary/aromatic N) is 2. The maximum absolute atomic E-state index is 11.9. The van der Waals surface area contributed by atoms with Crippen LogP contribution in [-0.4, -0.2) is 21.6 Å². The molecule has 0 saturated carbocycles. The summed E-state index contributed by atoms with van der Waals surface area (Å²) in [5.74, 6) is 5.09. The Balaban J connectivity index is 2.49. The topological polar surface area (TPSA) is 79.6 Å². The van der Waals surface area contributed by atoms with E-state index in [1.54, 1.807) is 0 Å². The fraction of sp³-hybridized carbons (Fsp3) is 0.667. The largest absolute Gasteiger partial charge is 0.389 e. The molecule has 0 saturated heterocycles. The molecule has 0 aliphatic rings. The van der Waals surface area contributed by atoms with Crippen LogP contribution in [0.2, 0.25) is 0 Å². The average Bonchev–Trinajstić information content (AvgIpc) is 2.56. The molecule has 0 aliphatic carbocycles. The second kappa shape index (κ2) is 4.38. The highest BCUT2D eigenvalue weighted by atomic mass is 19.4. The Kier molecular flexibility index (Phi) is 3.42. The highest BCUT2D eigenvalue weighted by Crippen LogP contribution is 2.25. The van der Waals surface area contributed by atoms with Gasteiger partial charge in [-0.1, -0.05) is 0 Å². The normalized spacial score (nSPS) is 14.3. The Bertz CT molecular complexity index is 257. The van der Waals surface area contributed by atoms with Crippen molar-refractivity contribution in [2.24, 2.45) is 5.84 Å². The predicted octanol–water partition coefficient (Wildman–Crippen LogP) is 0.652. The lowest BCUT2D eigenvalue weighted by Crippen LogP contribution is -2.29. The smallest absolute Gasteiger partial charge is 0.271 e. The fourth-order valence-corrected chi connectivity index (χ4v) is 1.00. The van der Waals surface area contributed by atoms with Crippen molar-refractivity contribution >= 4 is 0 Å². The van der Waals surface area contributed by atoms with Crippen molar-refractivity contribution in [2.45, 2.75) is 25.1 Å². The van der Waals surface area contributed by atoms with Crippen molar-refractivity contribution in [3.05, 3.63) is 11.9 Å². The summed E-state index contributed by atoms with van der Waals surface area (Å²) >= 11 is 0. The van der Waals surface area contributed by atoms with Gasteiger partial charge in [0.25, 0.3) is 0 Å². The molecule has 0 fully saturated rings.